The van der Waals surface area contributed by atoms with Gasteiger partial charge in [-0.15, -0.1) is 0 Å². The second kappa shape index (κ2) is 17.7. The molecule has 2 aromatic carbocycles. The molecule has 0 radical (unpaired) electrons. The van der Waals surface area contributed by atoms with Crippen LogP contribution in [-0.2, 0) is 37.0 Å². The molecular formula is C56H78ClN3O6. The molecule has 0 bridgehead atoms. The fourth-order valence-corrected chi connectivity index (χ4v) is 15.5. The van der Waals surface area contributed by atoms with Crippen molar-refractivity contribution < 1.29 is 28.7 Å². The topological polar surface area (TPSA) is 105 Å². The third kappa shape index (κ3) is 8.15. The number of amides is 2. The number of ether oxygens (including phenoxy) is 2. The lowest BCUT2D eigenvalue weighted by Gasteiger charge is -2.72. The second-order valence-corrected chi connectivity index (χ2v) is 24.5. The Morgan fingerprint density at radius 3 is 2.09 bits per heavy atom. The van der Waals surface area contributed by atoms with Gasteiger partial charge in [0.25, 0.3) is 0 Å². The lowest BCUT2D eigenvalue weighted by Crippen LogP contribution is -2.67. The summed E-state index contributed by atoms with van der Waals surface area (Å²) < 4.78 is 12.3. The lowest BCUT2D eigenvalue weighted by molar-refractivity contribution is -0.235. The highest BCUT2D eigenvalue weighted by Gasteiger charge is 2.70. The van der Waals surface area contributed by atoms with Crippen molar-refractivity contribution >= 4 is 35.4 Å². The van der Waals surface area contributed by atoms with E-state index in [1.165, 1.54) is 5.57 Å². The molecule has 10 atom stereocenters. The number of ketones is 1. The molecule has 1 N–H and O–H groups in total. The Morgan fingerprint density at radius 1 is 0.758 bits per heavy atom. The number of rotatable bonds is 12. The van der Waals surface area contributed by atoms with Gasteiger partial charge in [0.15, 0.2) is 5.78 Å². The largest absolute Gasteiger partial charge is 0.462 e. The number of carbonyl (C=O) groups is 4. The SMILES string of the molecule is CC(C)C1=C2[C@H]3CC[C@@H]4[C@@]5(C)CC[C@H](OC(=O)[C@H]6C[C@@H](C(=O)OCc7ccccc7)C6(C)C)C(C)(C)[C@@H]5CC[C@@]4(C)[C@]3(C)CC[C@@]2(NC(=O)N(CCN(C)C)Cc2ccc(Cl)cc2)CC1=O. The summed E-state index contributed by atoms with van der Waals surface area (Å²) in [4.78, 5) is 60.4. The maximum Gasteiger partial charge on any atom is 0.318 e. The Hall–Kier alpha value is -3.69. The number of esters is 2. The van der Waals surface area contributed by atoms with Crippen LogP contribution in [0.25, 0.3) is 0 Å². The molecule has 2 amide bonds. The molecule has 0 spiro atoms. The van der Waals surface area contributed by atoms with Crippen molar-refractivity contribution in [1.82, 2.24) is 15.1 Å². The van der Waals surface area contributed by atoms with E-state index >= 15 is 0 Å². The van der Waals surface area contributed by atoms with E-state index in [2.05, 4.69) is 58.7 Å². The molecule has 5 saturated carbocycles. The Labute approximate surface area is 400 Å². The van der Waals surface area contributed by atoms with Crippen LogP contribution >= 0.6 is 11.6 Å². The summed E-state index contributed by atoms with van der Waals surface area (Å²) in [6, 6.07) is 17.3. The van der Waals surface area contributed by atoms with Gasteiger partial charge >= 0.3 is 18.0 Å². The standard InChI is InChI=1S/C56H78ClN3O6/c1-35(2)46-42(61)32-56(58-50(64)60(30-29-59(10)11)33-36-17-19-38(57)20-18-36)28-27-54(8)39(47(46)56)21-22-44-53(7)25-24-45(52(5,6)43(53)23-26-55(44,54)9)66-49(63)41-31-40(51(41,3)4)48(62)65-34-37-15-13-12-14-16-37/h12-20,35,39-41,43-45H,21-34H2,1-11H3,(H,58,64)/t39-,40+,41-,43+,44-,45+,53+,54-,55-,56-/m1/s1. The Morgan fingerprint density at radius 2 is 1.44 bits per heavy atom. The smallest absolute Gasteiger partial charge is 0.318 e. The molecule has 2 aromatic rings. The first-order valence-electron chi connectivity index (χ1n) is 25.1. The van der Waals surface area contributed by atoms with E-state index < -0.39 is 11.0 Å². The highest BCUT2D eigenvalue weighted by Crippen LogP contribution is 2.76. The van der Waals surface area contributed by atoms with Gasteiger partial charge in [-0.05, 0) is 152 Å². The molecule has 5 fully saturated rings. The fourth-order valence-electron chi connectivity index (χ4n) is 15.4. The molecule has 360 valence electrons. The lowest BCUT2D eigenvalue weighted by atomic mass is 9.33. The number of hydrogen-bond donors (Lipinski definition) is 1. The molecule has 10 heteroatoms. The third-order valence-corrected chi connectivity index (χ3v) is 19.7. The third-order valence-electron chi connectivity index (χ3n) is 19.4. The summed E-state index contributed by atoms with van der Waals surface area (Å²) in [6.07, 6.45) is 8.31. The number of benzene rings is 2. The quantitative estimate of drug-likeness (QED) is 0.211. The summed E-state index contributed by atoms with van der Waals surface area (Å²) in [5, 5.41) is 4.29. The maximum atomic E-state index is 14.7. The number of hydrogen-bond acceptors (Lipinski definition) is 7. The Kier molecular flexibility index (Phi) is 13.1. The molecule has 0 aliphatic heterocycles. The van der Waals surface area contributed by atoms with Gasteiger partial charge in [-0.25, -0.2) is 4.79 Å². The Bertz CT molecular complexity index is 2220. The molecule has 66 heavy (non-hydrogen) atoms. The summed E-state index contributed by atoms with van der Waals surface area (Å²) in [5.41, 5.74) is 2.69. The van der Waals surface area contributed by atoms with E-state index in [1.807, 2.05) is 87.4 Å². The van der Waals surface area contributed by atoms with Crippen LogP contribution < -0.4 is 5.32 Å². The molecule has 6 aliphatic rings. The van der Waals surface area contributed by atoms with Crippen molar-refractivity contribution in [3.8, 4) is 0 Å². The number of urea groups is 1. The van der Waals surface area contributed by atoms with Crippen molar-refractivity contribution in [2.24, 2.45) is 62.6 Å². The zero-order chi connectivity index (χ0) is 47.8. The van der Waals surface area contributed by atoms with Gasteiger partial charge in [-0.3, -0.25) is 14.4 Å². The molecule has 0 heterocycles. The first kappa shape index (κ1) is 48.8. The minimum Gasteiger partial charge on any atom is -0.462 e. The summed E-state index contributed by atoms with van der Waals surface area (Å²) in [7, 11) is 4.05. The zero-order valence-corrected chi connectivity index (χ0v) is 42.6. The average Bonchev–Trinajstić information content (AvgIpc) is 3.55. The normalized spacial score (nSPS) is 35.2. The van der Waals surface area contributed by atoms with Crippen LogP contribution in [0.5, 0.6) is 0 Å². The number of nitrogens with zero attached hydrogens (tertiary/aromatic N) is 2. The van der Waals surface area contributed by atoms with Crippen molar-refractivity contribution in [3.63, 3.8) is 0 Å². The van der Waals surface area contributed by atoms with Crippen LogP contribution in [-0.4, -0.2) is 72.4 Å². The number of likely N-dealkylation sites (N-methyl/N-ethyl adjacent to an activating group) is 1. The van der Waals surface area contributed by atoms with Gasteiger partial charge in [-0.2, -0.15) is 0 Å². The predicted octanol–water partition coefficient (Wildman–Crippen LogP) is 11.5. The summed E-state index contributed by atoms with van der Waals surface area (Å²) >= 11 is 6.24. The van der Waals surface area contributed by atoms with E-state index in [1.54, 1.807) is 0 Å². The summed E-state index contributed by atoms with van der Waals surface area (Å²) in [5.74, 6) is 0.196. The minimum absolute atomic E-state index is 0.0179. The maximum absolute atomic E-state index is 14.7. The molecule has 0 unspecified atom stereocenters. The predicted molar refractivity (Wildman–Crippen MR) is 260 cm³/mol. The van der Waals surface area contributed by atoms with Crippen molar-refractivity contribution in [2.45, 2.75) is 151 Å². The van der Waals surface area contributed by atoms with Gasteiger partial charge in [0, 0.05) is 36.5 Å². The Balaban J connectivity index is 0.989. The second-order valence-electron chi connectivity index (χ2n) is 24.1. The zero-order valence-electron chi connectivity index (χ0n) is 41.9. The van der Waals surface area contributed by atoms with Crippen LogP contribution in [0.2, 0.25) is 5.02 Å². The number of carbonyl (C=O) groups excluding carboxylic acids is 4. The van der Waals surface area contributed by atoms with Crippen molar-refractivity contribution in [1.29, 1.82) is 0 Å². The van der Waals surface area contributed by atoms with Gasteiger partial charge in [0.1, 0.15) is 12.7 Å². The van der Waals surface area contributed by atoms with E-state index in [0.717, 1.165) is 74.6 Å². The van der Waals surface area contributed by atoms with E-state index in [0.29, 0.717) is 42.8 Å². The number of halogens is 1. The van der Waals surface area contributed by atoms with E-state index in [-0.39, 0.29) is 81.8 Å². The molecule has 0 saturated heterocycles. The van der Waals surface area contributed by atoms with Gasteiger partial charge in [-0.1, -0.05) is 116 Å². The van der Waals surface area contributed by atoms with E-state index in [9.17, 15) is 19.2 Å². The molecule has 6 aliphatic carbocycles. The van der Waals surface area contributed by atoms with Crippen LogP contribution in [0.1, 0.15) is 138 Å². The average molecular weight is 925 g/mol. The van der Waals surface area contributed by atoms with Crippen LogP contribution in [0.4, 0.5) is 4.79 Å². The molecule has 0 aromatic heterocycles. The van der Waals surface area contributed by atoms with Crippen LogP contribution in [0, 0.1) is 62.6 Å². The number of nitrogens with one attached hydrogen (secondary N) is 1. The van der Waals surface area contributed by atoms with Crippen LogP contribution in [0.15, 0.2) is 65.7 Å². The molecular weight excluding hydrogens is 846 g/mol. The fraction of sp³-hybridized carbons (Fsp3) is 0.679. The monoisotopic (exact) mass is 924 g/mol. The summed E-state index contributed by atoms with van der Waals surface area (Å²) in [6.45, 7) is 22.7. The highest BCUT2D eigenvalue weighted by atomic mass is 35.5. The number of Topliss-reactive ketones (excluding diaryl/α,β-unsaturated/α-hetero) is 1. The minimum atomic E-state index is -0.694. The first-order chi connectivity index (χ1) is 31.0. The number of allylic oxidation sites excluding steroid dienone is 1. The highest BCUT2D eigenvalue weighted by molar-refractivity contribution is 6.30. The first-order valence-corrected chi connectivity index (χ1v) is 25.5. The molecule has 8 rings (SSSR count). The van der Waals surface area contributed by atoms with Crippen LogP contribution in [0.3, 0.4) is 0 Å². The van der Waals surface area contributed by atoms with E-state index in [4.69, 9.17) is 21.1 Å². The number of fused-ring (bicyclic) bond motifs is 7. The van der Waals surface area contributed by atoms with Crippen molar-refractivity contribution in [2.75, 3.05) is 27.2 Å². The molecule has 9 nitrogen and oxygen atoms in total. The van der Waals surface area contributed by atoms with Gasteiger partial charge < -0.3 is 24.6 Å². The van der Waals surface area contributed by atoms with Crippen molar-refractivity contribution in [3.05, 3.63) is 81.9 Å². The van der Waals surface area contributed by atoms with Gasteiger partial charge in [0.2, 0.25) is 0 Å². The van der Waals surface area contributed by atoms with Gasteiger partial charge in [0.05, 0.1) is 17.4 Å².